The zero-order chi connectivity index (χ0) is 48.7. The Labute approximate surface area is 393 Å². The van der Waals surface area contributed by atoms with Gasteiger partial charge in [-0.2, -0.15) is 13.2 Å². The highest BCUT2D eigenvalue weighted by atomic mass is 19.4. The maximum absolute atomic E-state index is 13.1. The van der Waals surface area contributed by atoms with Gasteiger partial charge in [-0.15, -0.1) is 0 Å². The van der Waals surface area contributed by atoms with Gasteiger partial charge in [0.05, 0.1) is 175 Å². The highest BCUT2D eigenvalue weighted by molar-refractivity contribution is 5.96. The van der Waals surface area contributed by atoms with E-state index in [4.69, 9.17) is 66.3 Å². The standard InChI is InChI=1S/C46H73F3N2O16/c1-45(2,3)67-44(53)51(4)12-13-54-14-15-55-16-17-56-18-19-57-20-21-58-22-23-59-24-25-60-26-27-61-28-29-62-30-31-63-32-33-64-34-35-65-36-37-66-43(52)41-10-5-6-11-42(41)50-40-9-7-8-39(38-40)46(47,48)49/h5-11,38,50H,12-37H2,1-4H3. The second-order valence-electron chi connectivity index (χ2n) is 15.1. The van der Waals surface area contributed by atoms with Gasteiger partial charge >= 0.3 is 18.2 Å². The van der Waals surface area contributed by atoms with E-state index in [0.717, 1.165) is 12.1 Å². The first-order chi connectivity index (χ1) is 32.4. The number of ether oxygens (including phenoxy) is 14. The third-order valence-corrected chi connectivity index (χ3v) is 8.45. The van der Waals surface area contributed by atoms with E-state index in [2.05, 4.69) is 5.32 Å². The number of nitrogens with one attached hydrogen (secondary N) is 1. The minimum Gasteiger partial charge on any atom is -0.460 e. The summed E-state index contributed by atoms with van der Waals surface area (Å²) in [6.45, 7) is 15.9. The Morgan fingerprint density at radius 2 is 0.851 bits per heavy atom. The van der Waals surface area contributed by atoms with Crippen molar-refractivity contribution in [3.8, 4) is 0 Å². The van der Waals surface area contributed by atoms with Gasteiger partial charge in [0.2, 0.25) is 0 Å². The highest BCUT2D eigenvalue weighted by Crippen LogP contribution is 2.32. The summed E-state index contributed by atoms with van der Waals surface area (Å²) < 4.78 is 116. The van der Waals surface area contributed by atoms with Crippen LogP contribution in [0.15, 0.2) is 48.5 Å². The number of alkyl halides is 3. The fraction of sp³-hybridized carbons (Fsp3) is 0.696. The third-order valence-electron chi connectivity index (χ3n) is 8.45. The van der Waals surface area contributed by atoms with Gasteiger partial charge in [-0.25, -0.2) is 9.59 Å². The molecule has 18 nitrogen and oxygen atoms in total. The summed E-state index contributed by atoms with van der Waals surface area (Å²) in [4.78, 5) is 26.0. The molecule has 21 heteroatoms. The fourth-order valence-corrected chi connectivity index (χ4v) is 5.12. The summed E-state index contributed by atoms with van der Waals surface area (Å²) in [7, 11) is 1.67. The number of rotatable bonds is 42. The van der Waals surface area contributed by atoms with Gasteiger partial charge in [-0.05, 0) is 51.1 Å². The van der Waals surface area contributed by atoms with Crippen LogP contribution in [0.4, 0.5) is 29.3 Å². The van der Waals surface area contributed by atoms with Gasteiger partial charge in [-0.3, -0.25) is 0 Å². The zero-order valence-electron chi connectivity index (χ0n) is 39.6. The van der Waals surface area contributed by atoms with Crippen LogP contribution in [-0.4, -0.2) is 201 Å². The molecular formula is C46H73F3N2O16. The average Bonchev–Trinajstić information content (AvgIpc) is 3.29. The van der Waals surface area contributed by atoms with E-state index < -0.39 is 23.3 Å². The van der Waals surface area contributed by atoms with Crippen molar-refractivity contribution in [2.45, 2.75) is 32.5 Å². The average molecular weight is 967 g/mol. The normalized spacial score (nSPS) is 11.8. The van der Waals surface area contributed by atoms with Crippen molar-refractivity contribution in [2.75, 3.05) is 184 Å². The number of nitrogens with zero attached hydrogens (tertiary/aromatic N) is 1. The lowest BCUT2D eigenvalue weighted by atomic mass is 10.1. The molecule has 2 aromatic carbocycles. The lowest BCUT2D eigenvalue weighted by Crippen LogP contribution is -2.36. The van der Waals surface area contributed by atoms with E-state index in [1.165, 1.54) is 23.1 Å². The molecule has 0 fully saturated rings. The van der Waals surface area contributed by atoms with Gasteiger partial charge in [0, 0.05) is 19.3 Å². The SMILES string of the molecule is CN(CCOCCOCCOCCOCCOCCOCCOCCOCCOCCOCCOCCOCCOC(=O)c1ccccc1Nc1cccc(C(F)(F)F)c1)C(=O)OC(C)(C)C. The molecule has 0 aliphatic rings. The van der Waals surface area contributed by atoms with Crippen LogP contribution >= 0.6 is 0 Å². The van der Waals surface area contributed by atoms with Crippen LogP contribution in [0.2, 0.25) is 0 Å². The first-order valence-corrected chi connectivity index (χ1v) is 22.4. The van der Waals surface area contributed by atoms with E-state index in [9.17, 15) is 22.8 Å². The molecule has 2 aromatic rings. The second-order valence-corrected chi connectivity index (χ2v) is 15.1. The van der Waals surface area contributed by atoms with Crippen LogP contribution in [0.5, 0.6) is 0 Å². The Hall–Kier alpha value is -3.71. The monoisotopic (exact) mass is 966 g/mol. The maximum atomic E-state index is 13.1. The van der Waals surface area contributed by atoms with Crippen molar-refractivity contribution in [2.24, 2.45) is 0 Å². The molecule has 0 unspecified atom stereocenters. The Balaban J connectivity index is 1.22. The van der Waals surface area contributed by atoms with Gasteiger partial charge in [0.15, 0.2) is 0 Å². The van der Waals surface area contributed by atoms with Gasteiger partial charge < -0.3 is 76.5 Å². The van der Waals surface area contributed by atoms with Crippen LogP contribution in [0.25, 0.3) is 0 Å². The maximum Gasteiger partial charge on any atom is 0.416 e. The van der Waals surface area contributed by atoms with Crippen LogP contribution in [0, 0.1) is 0 Å². The van der Waals surface area contributed by atoms with E-state index in [1.807, 2.05) is 20.8 Å². The minimum atomic E-state index is -4.48. The summed E-state index contributed by atoms with van der Waals surface area (Å²) >= 11 is 0. The van der Waals surface area contributed by atoms with Crippen molar-refractivity contribution in [1.82, 2.24) is 4.90 Å². The molecule has 1 amide bonds. The van der Waals surface area contributed by atoms with Crippen LogP contribution in [-0.2, 0) is 72.5 Å². The molecule has 0 aliphatic carbocycles. The molecule has 0 atom stereocenters. The number of benzene rings is 2. The van der Waals surface area contributed by atoms with Crippen molar-refractivity contribution in [1.29, 1.82) is 0 Å². The number of amides is 1. The predicted octanol–water partition coefficient (Wildman–Crippen LogP) is 5.67. The molecule has 0 radical (unpaired) electrons. The lowest BCUT2D eigenvalue weighted by molar-refractivity contribution is -0.137. The van der Waals surface area contributed by atoms with Gasteiger partial charge in [0.25, 0.3) is 0 Å². The van der Waals surface area contributed by atoms with Crippen molar-refractivity contribution < 1.29 is 89.1 Å². The van der Waals surface area contributed by atoms with Crippen LogP contribution in [0.3, 0.4) is 0 Å². The Morgan fingerprint density at radius 3 is 1.22 bits per heavy atom. The number of hydrogen-bond donors (Lipinski definition) is 1. The molecular weight excluding hydrogens is 893 g/mol. The minimum absolute atomic E-state index is 0.00967. The van der Waals surface area contributed by atoms with Crippen molar-refractivity contribution in [3.05, 3.63) is 59.7 Å². The molecule has 0 spiro atoms. The molecule has 2 rings (SSSR count). The number of carbonyl (C=O) groups excluding carboxylic acids is 2. The third kappa shape index (κ3) is 33.4. The molecule has 0 aliphatic heterocycles. The Bertz CT molecular complexity index is 1540. The fourth-order valence-electron chi connectivity index (χ4n) is 5.12. The number of para-hydroxylation sites is 1. The largest absolute Gasteiger partial charge is 0.460 e. The smallest absolute Gasteiger partial charge is 0.416 e. The Kier molecular flexibility index (Phi) is 33.9. The van der Waals surface area contributed by atoms with Gasteiger partial charge in [0.1, 0.15) is 12.2 Å². The zero-order valence-corrected chi connectivity index (χ0v) is 39.6. The number of hydrogen-bond acceptors (Lipinski definition) is 17. The first-order valence-electron chi connectivity index (χ1n) is 22.4. The summed E-state index contributed by atoms with van der Waals surface area (Å²) in [6, 6.07) is 11.1. The molecule has 0 heterocycles. The predicted molar refractivity (Wildman–Crippen MR) is 240 cm³/mol. The first kappa shape index (κ1) is 59.4. The molecule has 0 aromatic heterocycles. The van der Waals surface area contributed by atoms with Crippen LogP contribution in [0.1, 0.15) is 36.7 Å². The molecule has 67 heavy (non-hydrogen) atoms. The van der Waals surface area contributed by atoms with E-state index in [-0.39, 0.29) is 30.6 Å². The van der Waals surface area contributed by atoms with E-state index in [1.54, 1.807) is 25.2 Å². The second kappa shape index (κ2) is 38.2. The molecule has 0 saturated carbocycles. The summed E-state index contributed by atoms with van der Waals surface area (Å²) in [5, 5.41) is 2.86. The van der Waals surface area contributed by atoms with Crippen LogP contribution < -0.4 is 5.32 Å². The lowest BCUT2D eigenvalue weighted by Gasteiger charge is -2.24. The summed E-state index contributed by atoms with van der Waals surface area (Å²) in [5.41, 5.74) is -0.636. The number of halogens is 3. The number of anilines is 2. The quantitative estimate of drug-likeness (QED) is 0.0635. The number of esters is 1. The van der Waals surface area contributed by atoms with Crippen molar-refractivity contribution in [3.63, 3.8) is 0 Å². The van der Waals surface area contributed by atoms with E-state index >= 15 is 0 Å². The topological polar surface area (TPSA) is 179 Å². The molecule has 384 valence electrons. The molecule has 1 N–H and O–H groups in total. The van der Waals surface area contributed by atoms with Crippen molar-refractivity contribution >= 4 is 23.4 Å². The number of carbonyl (C=O) groups is 2. The molecule has 0 saturated heterocycles. The number of likely N-dealkylation sites (N-methyl/N-ethyl adjacent to an activating group) is 1. The van der Waals surface area contributed by atoms with E-state index in [0.29, 0.717) is 164 Å². The summed E-state index contributed by atoms with van der Waals surface area (Å²) in [6.07, 6.45) is -4.86. The highest BCUT2D eigenvalue weighted by Gasteiger charge is 2.30. The summed E-state index contributed by atoms with van der Waals surface area (Å²) in [5.74, 6) is -0.635. The Morgan fingerprint density at radius 1 is 0.493 bits per heavy atom. The molecule has 0 bridgehead atoms. The van der Waals surface area contributed by atoms with Gasteiger partial charge in [-0.1, -0.05) is 18.2 Å².